The minimum absolute atomic E-state index is 0. The van der Waals surface area contributed by atoms with E-state index >= 15 is 0 Å². The average Bonchev–Trinajstić information content (AvgIpc) is 2.52. The molecule has 1 rings (SSSR count). The van der Waals surface area contributed by atoms with Gasteiger partial charge >= 0.3 is 83.5 Å². The first-order valence-electron chi connectivity index (χ1n) is 6.10. The van der Waals surface area contributed by atoms with Crippen LogP contribution in [0.25, 0.3) is 0 Å². The molecule has 14 heteroatoms. The van der Waals surface area contributed by atoms with Gasteiger partial charge < -0.3 is 41.6 Å². The third-order valence-corrected chi connectivity index (χ3v) is 3.41. The van der Waals surface area contributed by atoms with E-state index < -0.39 is 41.3 Å². The maximum atomic E-state index is 10.1. The Morgan fingerprint density at radius 2 is 1.19 bits per heavy atom. The van der Waals surface area contributed by atoms with Gasteiger partial charge in [0.1, 0.15) is 12.2 Å². The van der Waals surface area contributed by atoms with E-state index in [1.54, 1.807) is 35.2 Å². The quantitative estimate of drug-likeness (QED) is 0.126. The molecule has 26 heavy (non-hydrogen) atoms. The van der Waals surface area contributed by atoms with E-state index in [1.165, 1.54) is 12.1 Å². The van der Waals surface area contributed by atoms with Gasteiger partial charge in [-0.1, -0.05) is 0 Å². The summed E-state index contributed by atoms with van der Waals surface area (Å²) in [6, 6.07) is 6.50. The number of non-ortho nitro benzene ring substituents is 1. The molecule has 0 amide bonds. The van der Waals surface area contributed by atoms with Crippen molar-refractivity contribution in [3.63, 3.8) is 0 Å². The molecule has 13 nitrogen and oxygen atoms in total. The molecule has 0 bridgehead atoms. The molecule has 1 aromatic rings. The van der Waals surface area contributed by atoms with E-state index in [9.17, 15) is 19.7 Å². The van der Waals surface area contributed by atoms with Crippen LogP contribution in [0.4, 0.5) is 5.69 Å². The van der Waals surface area contributed by atoms with Gasteiger partial charge in [0.25, 0.3) is 0 Å². The Labute approximate surface area is 159 Å². The second kappa shape index (κ2) is 13.4. The van der Waals surface area contributed by atoms with Crippen LogP contribution in [-0.4, -0.2) is 106 Å². The fourth-order valence-electron chi connectivity index (χ4n) is 1.24. The summed E-state index contributed by atoms with van der Waals surface area (Å²) in [7, 11) is 0. The molecule has 148 valence electrons. The van der Waals surface area contributed by atoms with Crippen molar-refractivity contribution in [3.8, 4) is 0 Å². The Balaban J connectivity index is -0.000000393. The van der Waals surface area contributed by atoms with Crippen LogP contribution in [0.2, 0.25) is 0 Å². The Bertz CT molecular complexity index is 556. The molecule has 4 unspecified atom stereocenters. The first-order chi connectivity index (χ1) is 11.0. The molecule has 0 saturated heterocycles. The summed E-state index contributed by atoms with van der Waals surface area (Å²) in [5.41, 5.74) is 0.152. The summed E-state index contributed by atoms with van der Waals surface area (Å²) < 4.78 is 1.08. The summed E-state index contributed by atoms with van der Waals surface area (Å²) in [6.45, 7) is 0. The summed E-state index contributed by atoms with van der Waals surface area (Å²) in [5.74, 6) is -3.68. The molecule has 4 atom stereocenters. The number of hydrogen-bond acceptors (Lipinski definition) is 8. The number of benzene rings is 1. The number of nitro groups is 1. The fourth-order valence-corrected chi connectivity index (χ4v) is 1.67. The molecule has 0 aromatic heterocycles. The monoisotopic (exact) mass is 489 g/mol. The van der Waals surface area contributed by atoms with E-state index in [0.29, 0.717) is 0 Å². The van der Waals surface area contributed by atoms with E-state index in [-0.39, 0.29) is 16.6 Å². The second-order valence-electron chi connectivity index (χ2n) is 4.32. The molecule has 0 aliphatic heterocycles. The van der Waals surface area contributed by atoms with Crippen molar-refractivity contribution < 1.29 is 56.1 Å². The fraction of sp³-hybridized carbons (Fsp3) is 0.333. The van der Waals surface area contributed by atoms with Crippen molar-refractivity contribution in [2.45, 2.75) is 24.4 Å². The summed E-state index contributed by atoms with van der Waals surface area (Å²) in [6.07, 6.45) is -9.28. The molecule has 10 N–H and O–H groups in total. The SMILES string of the molecule is O.O.O=C(O)C(O)C(O)C(O)C(O)C(=O)O.O=[N+]([O-])c1cc[c]([Sb])cc1. The molecular formula is C12H18NO12Sb. The molecule has 1 aromatic carbocycles. The second-order valence-corrected chi connectivity index (χ2v) is 5.79. The number of nitro benzene ring substituents is 1. The van der Waals surface area contributed by atoms with Crippen LogP contribution in [-0.2, 0) is 9.59 Å². The van der Waals surface area contributed by atoms with Gasteiger partial charge in [-0.05, 0) is 0 Å². The van der Waals surface area contributed by atoms with Gasteiger partial charge in [-0.15, -0.1) is 0 Å². The number of aliphatic hydroxyl groups excluding tert-OH is 4. The normalized spacial score (nSPS) is 14.0. The minimum atomic E-state index is -2.36. The van der Waals surface area contributed by atoms with Crippen molar-refractivity contribution in [1.82, 2.24) is 0 Å². The zero-order chi connectivity index (χ0) is 19.0. The van der Waals surface area contributed by atoms with Crippen molar-refractivity contribution in [1.29, 1.82) is 0 Å². The molecule has 0 aliphatic rings. The predicted molar refractivity (Wildman–Crippen MR) is 85.0 cm³/mol. The van der Waals surface area contributed by atoms with Crippen LogP contribution in [0.1, 0.15) is 0 Å². The summed E-state index contributed by atoms with van der Waals surface area (Å²) in [4.78, 5) is 29.9. The number of aliphatic hydroxyl groups is 4. The molecule has 0 saturated carbocycles. The number of nitrogens with zero attached hydrogens (tertiary/aromatic N) is 1. The average molecular weight is 490 g/mol. The third-order valence-electron chi connectivity index (χ3n) is 2.56. The molecule has 2 radical (unpaired) electrons. The molecular weight excluding hydrogens is 472 g/mol. The van der Waals surface area contributed by atoms with Crippen LogP contribution < -0.4 is 3.51 Å². The van der Waals surface area contributed by atoms with Gasteiger partial charge in [-0.3, -0.25) is 0 Å². The molecule has 0 heterocycles. The Hall–Kier alpha value is -1.86. The van der Waals surface area contributed by atoms with Crippen LogP contribution in [0, 0.1) is 10.1 Å². The molecule has 0 fully saturated rings. The topological polar surface area (TPSA) is 262 Å². The predicted octanol–water partition coefficient (Wildman–Crippen LogP) is -4.66. The number of rotatable bonds is 6. The number of carbonyl (C=O) groups is 2. The first kappa shape index (κ1) is 28.9. The van der Waals surface area contributed by atoms with Crippen molar-refractivity contribution in [2.75, 3.05) is 0 Å². The third kappa shape index (κ3) is 9.58. The first-order valence-corrected chi connectivity index (χ1v) is 7.38. The van der Waals surface area contributed by atoms with Crippen molar-refractivity contribution >= 4 is 44.2 Å². The number of hydrogen-bond donors (Lipinski definition) is 6. The van der Waals surface area contributed by atoms with Gasteiger partial charge in [-0.2, -0.15) is 0 Å². The molecule has 0 aliphatic carbocycles. The number of aliphatic carboxylic acids is 2. The van der Waals surface area contributed by atoms with Crippen LogP contribution in [0.3, 0.4) is 0 Å². The van der Waals surface area contributed by atoms with Gasteiger partial charge in [0.15, 0.2) is 12.2 Å². The van der Waals surface area contributed by atoms with Gasteiger partial charge in [0.05, 0.1) is 0 Å². The van der Waals surface area contributed by atoms with E-state index in [2.05, 4.69) is 0 Å². The zero-order valence-corrected chi connectivity index (χ0v) is 15.4. The summed E-state index contributed by atoms with van der Waals surface area (Å²) in [5, 5.41) is 61.6. The van der Waals surface area contributed by atoms with Crippen LogP contribution in [0.5, 0.6) is 0 Å². The van der Waals surface area contributed by atoms with Crippen molar-refractivity contribution in [2.24, 2.45) is 0 Å². The number of carboxylic acid groups (broad SMARTS) is 2. The Kier molecular flexibility index (Phi) is 14.9. The van der Waals surface area contributed by atoms with Crippen LogP contribution in [0.15, 0.2) is 24.3 Å². The van der Waals surface area contributed by atoms with Gasteiger partial charge in [-0.25, -0.2) is 9.59 Å². The van der Waals surface area contributed by atoms with E-state index in [0.717, 1.165) is 3.51 Å². The van der Waals surface area contributed by atoms with Crippen molar-refractivity contribution in [3.05, 3.63) is 34.4 Å². The zero-order valence-electron chi connectivity index (χ0n) is 12.8. The van der Waals surface area contributed by atoms with Gasteiger partial charge in [0, 0.05) is 0 Å². The van der Waals surface area contributed by atoms with E-state index in [4.69, 9.17) is 30.6 Å². The Morgan fingerprint density at radius 1 is 0.885 bits per heavy atom. The number of carboxylic acids is 2. The van der Waals surface area contributed by atoms with Crippen LogP contribution >= 0.6 is 0 Å². The maximum absolute atomic E-state index is 10.1. The molecule has 0 spiro atoms. The Morgan fingerprint density at radius 3 is 1.42 bits per heavy atom. The standard InChI is InChI=1S/C6H4NO2.C6H10O8.2H2O.Sb/c8-7(9)6-4-2-1-3-5-6;7-1(3(9)5(11)12)2(8)4(10)6(13)14;;;/h2-5H;1-4,7-10H,(H,11,12)(H,13,14);2*1H2;. The van der Waals surface area contributed by atoms with Gasteiger partial charge in [0.2, 0.25) is 0 Å². The summed E-state index contributed by atoms with van der Waals surface area (Å²) >= 11 is 1.55. The van der Waals surface area contributed by atoms with E-state index in [1.807, 2.05) is 0 Å².